The summed E-state index contributed by atoms with van der Waals surface area (Å²) in [6.07, 6.45) is 5.85. The Bertz CT molecular complexity index is 1170. The fourth-order valence-corrected chi connectivity index (χ4v) is 4.07. The third-order valence-corrected chi connectivity index (χ3v) is 5.69. The van der Waals surface area contributed by atoms with Crippen LogP contribution in [0, 0.1) is 0 Å². The van der Waals surface area contributed by atoms with Crippen molar-refractivity contribution in [3.05, 3.63) is 84.0 Å². The number of carbonyl (C=O) groups excluding carboxylic acids is 2. The first-order chi connectivity index (χ1) is 16.0. The van der Waals surface area contributed by atoms with E-state index in [2.05, 4.69) is 4.98 Å². The van der Waals surface area contributed by atoms with E-state index in [0.29, 0.717) is 42.1 Å². The SMILES string of the molecule is COc1ccc(C2/C(=C(\O)c3ccccc3)C(=O)C(=O)N2CCCn2ccnc2)cc1OC. The number of ketones is 1. The van der Waals surface area contributed by atoms with E-state index >= 15 is 0 Å². The first-order valence-electron chi connectivity index (χ1n) is 10.6. The summed E-state index contributed by atoms with van der Waals surface area (Å²) in [7, 11) is 3.06. The molecule has 1 aromatic heterocycles. The molecule has 1 aliphatic rings. The Morgan fingerprint density at radius 1 is 1.03 bits per heavy atom. The summed E-state index contributed by atoms with van der Waals surface area (Å²) in [5.41, 5.74) is 1.17. The van der Waals surface area contributed by atoms with Crippen molar-refractivity contribution in [1.82, 2.24) is 14.5 Å². The topological polar surface area (TPSA) is 93.9 Å². The van der Waals surface area contributed by atoms with Gasteiger partial charge in [0.2, 0.25) is 0 Å². The van der Waals surface area contributed by atoms with Gasteiger partial charge in [-0.15, -0.1) is 0 Å². The van der Waals surface area contributed by atoms with E-state index in [1.807, 2.05) is 16.8 Å². The highest BCUT2D eigenvalue weighted by Crippen LogP contribution is 2.42. The van der Waals surface area contributed by atoms with Crippen LogP contribution in [-0.4, -0.2) is 52.0 Å². The smallest absolute Gasteiger partial charge is 0.295 e. The minimum atomic E-state index is -0.757. The predicted molar refractivity (Wildman–Crippen MR) is 122 cm³/mol. The molecule has 1 aliphatic heterocycles. The van der Waals surface area contributed by atoms with Gasteiger partial charge in [-0.3, -0.25) is 9.59 Å². The number of imidazole rings is 1. The van der Waals surface area contributed by atoms with E-state index in [4.69, 9.17) is 9.47 Å². The fourth-order valence-electron chi connectivity index (χ4n) is 4.07. The van der Waals surface area contributed by atoms with Gasteiger partial charge in [-0.05, 0) is 24.1 Å². The second-order valence-corrected chi connectivity index (χ2v) is 7.63. The maximum atomic E-state index is 13.1. The first-order valence-corrected chi connectivity index (χ1v) is 10.6. The molecule has 0 radical (unpaired) electrons. The lowest BCUT2D eigenvalue weighted by molar-refractivity contribution is -0.139. The molecule has 1 fully saturated rings. The molecule has 0 bridgehead atoms. The number of aliphatic hydroxyl groups is 1. The van der Waals surface area contributed by atoms with Crippen LogP contribution in [0.4, 0.5) is 0 Å². The van der Waals surface area contributed by atoms with Crippen molar-refractivity contribution in [2.45, 2.75) is 19.0 Å². The lowest BCUT2D eigenvalue weighted by Gasteiger charge is -2.26. The van der Waals surface area contributed by atoms with Crippen LogP contribution in [0.3, 0.4) is 0 Å². The van der Waals surface area contributed by atoms with Gasteiger partial charge >= 0.3 is 0 Å². The number of ether oxygens (including phenoxy) is 2. The number of likely N-dealkylation sites (tertiary alicyclic amines) is 1. The lowest BCUT2D eigenvalue weighted by Crippen LogP contribution is -2.31. The Balaban J connectivity index is 1.76. The molecule has 1 N–H and O–H groups in total. The zero-order chi connectivity index (χ0) is 23.4. The third-order valence-electron chi connectivity index (χ3n) is 5.69. The monoisotopic (exact) mass is 447 g/mol. The Hall–Kier alpha value is -4.07. The number of methoxy groups -OCH3 is 2. The van der Waals surface area contributed by atoms with Crippen LogP contribution in [0.1, 0.15) is 23.6 Å². The lowest BCUT2D eigenvalue weighted by atomic mass is 9.95. The Morgan fingerprint density at radius 3 is 2.45 bits per heavy atom. The number of benzene rings is 2. The van der Waals surface area contributed by atoms with Crippen LogP contribution in [0.5, 0.6) is 11.5 Å². The van der Waals surface area contributed by atoms with E-state index < -0.39 is 17.7 Å². The molecule has 0 saturated carbocycles. The highest BCUT2D eigenvalue weighted by atomic mass is 16.5. The summed E-state index contributed by atoms with van der Waals surface area (Å²) in [4.78, 5) is 31.7. The summed E-state index contributed by atoms with van der Waals surface area (Å²) < 4.78 is 12.7. The molecule has 8 heteroatoms. The van der Waals surface area contributed by atoms with Gasteiger partial charge in [0.25, 0.3) is 11.7 Å². The number of hydrogen-bond acceptors (Lipinski definition) is 6. The van der Waals surface area contributed by atoms with Crippen LogP contribution in [-0.2, 0) is 16.1 Å². The normalized spacial score (nSPS) is 17.4. The second kappa shape index (κ2) is 9.60. The number of aromatic nitrogens is 2. The predicted octanol–water partition coefficient (Wildman–Crippen LogP) is 3.41. The standard InChI is InChI=1S/C25H25N3O5/c1-32-19-10-9-18(15-20(19)33-2)22-21(23(29)17-7-4-3-5-8-17)24(30)25(31)28(22)13-6-12-27-14-11-26-16-27/h3-5,7-11,14-16,22,29H,6,12-13H2,1-2H3/b23-21+. The van der Waals surface area contributed by atoms with Crippen LogP contribution in [0.15, 0.2) is 72.8 Å². The van der Waals surface area contributed by atoms with Crippen molar-refractivity contribution in [3.8, 4) is 11.5 Å². The highest BCUT2D eigenvalue weighted by Gasteiger charge is 2.46. The zero-order valence-electron chi connectivity index (χ0n) is 18.5. The summed E-state index contributed by atoms with van der Waals surface area (Å²) in [5, 5.41) is 11.1. The van der Waals surface area contributed by atoms with Crippen molar-refractivity contribution >= 4 is 17.4 Å². The molecule has 0 spiro atoms. The van der Waals surface area contributed by atoms with Gasteiger partial charge in [0, 0.05) is 31.0 Å². The van der Waals surface area contributed by atoms with Crippen molar-refractivity contribution in [2.75, 3.05) is 20.8 Å². The molecule has 170 valence electrons. The van der Waals surface area contributed by atoms with Gasteiger partial charge in [0.05, 0.1) is 32.2 Å². The first kappa shape index (κ1) is 22.1. The van der Waals surface area contributed by atoms with Gasteiger partial charge in [0.1, 0.15) is 5.76 Å². The molecular formula is C25H25N3O5. The molecule has 1 amide bonds. The average Bonchev–Trinajstić information content (AvgIpc) is 3.46. The quantitative estimate of drug-likeness (QED) is 0.323. The minimum Gasteiger partial charge on any atom is -0.507 e. The molecule has 3 aromatic rings. The van der Waals surface area contributed by atoms with Gasteiger partial charge in [-0.1, -0.05) is 36.4 Å². The highest BCUT2D eigenvalue weighted by molar-refractivity contribution is 6.46. The number of rotatable bonds is 8. The van der Waals surface area contributed by atoms with Crippen molar-refractivity contribution in [2.24, 2.45) is 0 Å². The molecule has 1 unspecified atom stereocenters. The maximum absolute atomic E-state index is 13.1. The molecule has 1 atom stereocenters. The van der Waals surface area contributed by atoms with Crippen molar-refractivity contribution in [1.29, 1.82) is 0 Å². The number of amides is 1. The number of carbonyl (C=O) groups is 2. The average molecular weight is 447 g/mol. The third kappa shape index (κ3) is 4.32. The summed E-state index contributed by atoms with van der Waals surface area (Å²) >= 11 is 0. The minimum absolute atomic E-state index is 0.0565. The van der Waals surface area contributed by atoms with E-state index in [9.17, 15) is 14.7 Å². The molecule has 33 heavy (non-hydrogen) atoms. The van der Waals surface area contributed by atoms with Crippen LogP contribution < -0.4 is 9.47 Å². The van der Waals surface area contributed by atoms with E-state index in [0.717, 1.165) is 0 Å². The van der Waals surface area contributed by atoms with Gasteiger partial charge < -0.3 is 24.0 Å². The van der Waals surface area contributed by atoms with Gasteiger partial charge in [-0.25, -0.2) is 4.98 Å². The van der Waals surface area contributed by atoms with Crippen LogP contribution in [0.25, 0.3) is 5.76 Å². The molecule has 8 nitrogen and oxygen atoms in total. The summed E-state index contributed by atoms with van der Waals surface area (Å²) in [6.45, 7) is 0.966. The van der Waals surface area contributed by atoms with Crippen LogP contribution >= 0.6 is 0 Å². The fraction of sp³-hybridized carbons (Fsp3) is 0.240. The number of aliphatic hydroxyl groups excluding tert-OH is 1. The Morgan fingerprint density at radius 2 is 1.79 bits per heavy atom. The molecule has 2 heterocycles. The zero-order valence-corrected chi connectivity index (χ0v) is 18.5. The number of Topliss-reactive ketones (excluding diaryl/α,β-unsaturated/α-hetero) is 1. The second-order valence-electron chi connectivity index (χ2n) is 7.63. The summed E-state index contributed by atoms with van der Waals surface area (Å²) in [6, 6.07) is 13.2. The Labute approximate surface area is 191 Å². The molecule has 0 aliphatic carbocycles. The van der Waals surface area contributed by atoms with Crippen molar-refractivity contribution < 1.29 is 24.2 Å². The molecule has 4 rings (SSSR count). The number of hydrogen-bond donors (Lipinski definition) is 1. The van der Waals surface area contributed by atoms with E-state index in [1.165, 1.54) is 19.1 Å². The maximum Gasteiger partial charge on any atom is 0.295 e. The number of nitrogens with zero attached hydrogens (tertiary/aromatic N) is 3. The largest absolute Gasteiger partial charge is 0.507 e. The molecule has 2 aromatic carbocycles. The van der Waals surface area contributed by atoms with E-state index in [1.54, 1.807) is 55.0 Å². The molecule has 1 saturated heterocycles. The number of aryl methyl sites for hydroxylation is 1. The Kier molecular flexibility index (Phi) is 6.44. The van der Waals surface area contributed by atoms with Gasteiger partial charge in [-0.2, -0.15) is 0 Å². The van der Waals surface area contributed by atoms with Crippen molar-refractivity contribution in [3.63, 3.8) is 0 Å². The molecular weight excluding hydrogens is 422 g/mol. The summed E-state index contributed by atoms with van der Waals surface area (Å²) in [5.74, 6) is -0.553. The van der Waals surface area contributed by atoms with E-state index in [-0.39, 0.29) is 11.3 Å². The van der Waals surface area contributed by atoms with Gasteiger partial charge in [0.15, 0.2) is 11.5 Å². The van der Waals surface area contributed by atoms with Crippen LogP contribution in [0.2, 0.25) is 0 Å².